The van der Waals surface area contributed by atoms with Crippen LogP contribution >= 0.6 is 58.0 Å². The molecule has 4 nitrogen and oxygen atoms in total. The van der Waals surface area contributed by atoms with Gasteiger partial charge in [-0.25, -0.2) is 8.78 Å². The molecular weight excluding hydrogens is 552 g/mol. The fourth-order valence-corrected chi connectivity index (χ4v) is 4.35. The van der Waals surface area contributed by atoms with Crippen LogP contribution in [-0.2, 0) is 4.79 Å². The lowest BCUT2D eigenvalue weighted by molar-refractivity contribution is -0.117. The fourth-order valence-electron chi connectivity index (χ4n) is 3.19. The molecule has 0 saturated carbocycles. The summed E-state index contributed by atoms with van der Waals surface area (Å²) in [4.78, 5) is 25.6. The maximum atomic E-state index is 13.9. The van der Waals surface area contributed by atoms with Crippen LogP contribution in [0.25, 0.3) is 0 Å². The van der Waals surface area contributed by atoms with E-state index in [2.05, 4.69) is 10.6 Å². The molecule has 0 heterocycles. The average molecular weight is 567 g/mol. The average Bonchev–Trinajstić information content (AvgIpc) is 2.70. The molecule has 0 aliphatic rings. The third kappa shape index (κ3) is 6.52. The molecule has 11 heteroatoms. The van der Waals surface area contributed by atoms with E-state index < -0.39 is 39.3 Å². The summed E-state index contributed by atoms with van der Waals surface area (Å²) in [5, 5.41) is 5.73. The minimum absolute atomic E-state index is 0.0509. The first-order valence-corrected chi connectivity index (χ1v) is 11.4. The molecule has 2 N–H and O–H groups in total. The second kappa shape index (κ2) is 10.7. The molecular formula is C23H15Cl5F2N2O2. The quantitative estimate of drug-likeness (QED) is 0.296. The van der Waals surface area contributed by atoms with Gasteiger partial charge in [-0.15, -0.1) is 23.2 Å². The van der Waals surface area contributed by atoms with Crippen molar-refractivity contribution in [3.63, 3.8) is 0 Å². The molecule has 34 heavy (non-hydrogen) atoms. The first-order valence-electron chi connectivity index (χ1n) is 9.56. The van der Waals surface area contributed by atoms with Gasteiger partial charge in [0.1, 0.15) is 16.0 Å². The highest BCUT2D eigenvalue weighted by Gasteiger charge is 2.37. The minimum atomic E-state index is -1.55. The Kier molecular flexibility index (Phi) is 8.32. The molecule has 0 bridgehead atoms. The molecule has 0 aliphatic heterocycles. The molecule has 0 aromatic heterocycles. The number of carbonyl (C=O) groups excluding carboxylic acids is 2. The smallest absolute Gasteiger partial charge is 0.258 e. The number of alkyl halides is 2. The SMILES string of the molecule is CC(Cl)(Cl)C(C(=O)Nc1ccc(Cl)c(NC(=O)c2cc(F)ccc2F)c1)c1cc(Cl)cc(Cl)c1. The molecule has 1 unspecified atom stereocenters. The van der Waals surface area contributed by atoms with Crippen LogP contribution in [0.15, 0.2) is 54.6 Å². The van der Waals surface area contributed by atoms with E-state index in [1.54, 1.807) is 0 Å². The summed E-state index contributed by atoms with van der Waals surface area (Å²) >= 11 is 30.8. The zero-order chi connectivity index (χ0) is 25.2. The zero-order valence-electron chi connectivity index (χ0n) is 17.2. The first kappa shape index (κ1) is 26.5. The Morgan fingerprint density at radius 3 is 2.15 bits per heavy atom. The summed E-state index contributed by atoms with van der Waals surface area (Å²) in [7, 11) is 0. The summed E-state index contributed by atoms with van der Waals surface area (Å²) in [6.45, 7) is 1.44. The second-order valence-corrected chi connectivity index (χ2v) is 10.4. The lowest BCUT2D eigenvalue weighted by Crippen LogP contribution is -2.32. The van der Waals surface area contributed by atoms with E-state index in [0.717, 1.165) is 18.2 Å². The van der Waals surface area contributed by atoms with E-state index in [-0.39, 0.29) is 16.4 Å². The van der Waals surface area contributed by atoms with Crippen LogP contribution in [0, 0.1) is 11.6 Å². The number of halogens is 7. The fraction of sp³-hybridized carbons (Fsp3) is 0.130. The molecule has 3 aromatic carbocycles. The van der Waals surface area contributed by atoms with Crippen LogP contribution in [0.3, 0.4) is 0 Å². The predicted octanol–water partition coefficient (Wildman–Crippen LogP) is 8.09. The van der Waals surface area contributed by atoms with Gasteiger partial charge in [0.2, 0.25) is 5.91 Å². The Hall–Kier alpha value is -2.09. The Bertz CT molecular complexity index is 1240. The Morgan fingerprint density at radius 1 is 0.882 bits per heavy atom. The van der Waals surface area contributed by atoms with Crippen molar-refractivity contribution in [2.45, 2.75) is 17.2 Å². The number of rotatable bonds is 6. The third-order valence-corrected chi connectivity index (χ3v) is 5.84. The van der Waals surface area contributed by atoms with Crippen molar-refractivity contribution in [3.05, 3.63) is 92.4 Å². The molecule has 0 spiro atoms. The van der Waals surface area contributed by atoms with Crippen molar-refractivity contribution in [1.29, 1.82) is 0 Å². The van der Waals surface area contributed by atoms with Crippen LogP contribution < -0.4 is 10.6 Å². The zero-order valence-corrected chi connectivity index (χ0v) is 21.0. The van der Waals surface area contributed by atoms with Gasteiger partial charge in [-0.3, -0.25) is 9.59 Å². The summed E-state index contributed by atoms with van der Waals surface area (Å²) in [5.41, 5.74) is 0.144. The number of anilines is 2. The lowest BCUT2D eigenvalue weighted by atomic mass is 9.94. The maximum Gasteiger partial charge on any atom is 0.258 e. The van der Waals surface area contributed by atoms with Gasteiger partial charge in [-0.05, 0) is 67.1 Å². The van der Waals surface area contributed by atoms with Crippen molar-refractivity contribution >= 4 is 81.2 Å². The van der Waals surface area contributed by atoms with Crippen molar-refractivity contribution in [1.82, 2.24) is 0 Å². The van der Waals surface area contributed by atoms with E-state index >= 15 is 0 Å². The number of benzene rings is 3. The first-order chi connectivity index (χ1) is 15.8. The topological polar surface area (TPSA) is 58.2 Å². The van der Waals surface area contributed by atoms with Crippen molar-refractivity contribution in [2.75, 3.05) is 10.6 Å². The monoisotopic (exact) mass is 564 g/mol. The van der Waals surface area contributed by atoms with Gasteiger partial charge < -0.3 is 10.6 Å². The number of hydrogen-bond donors (Lipinski definition) is 2. The number of nitrogens with one attached hydrogen (secondary N) is 2. The molecule has 3 aromatic rings. The highest BCUT2D eigenvalue weighted by Crippen LogP contribution is 2.40. The summed E-state index contributed by atoms with van der Waals surface area (Å²) in [5.74, 6) is -4.30. The minimum Gasteiger partial charge on any atom is -0.325 e. The Labute approximate surface area is 219 Å². The van der Waals surface area contributed by atoms with Gasteiger partial charge in [0.05, 0.1) is 22.2 Å². The third-order valence-electron chi connectivity index (χ3n) is 4.64. The molecule has 0 fully saturated rings. The lowest BCUT2D eigenvalue weighted by Gasteiger charge is -2.26. The highest BCUT2D eigenvalue weighted by molar-refractivity contribution is 6.50. The van der Waals surface area contributed by atoms with E-state index in [0.29, 0.717) is 15.6 Å². The van der Waals surface area contributed by atoms with Gasteiger partial charge in [-0.1, -0.05) is 34.8 Å². The van der Waals surface area contributed by atoms with Crippen LogP contribution in [0.2, 0.25) is 15.1 Å². The van der Waals surface area contributed by atoms with E-state index in [9.17, 15) is 18.4 Å². The molecule has 0 radical (unpaired) electrons. The summed E-state index contributed by atoms with van der Waals surface area (Å²) in [6.07, 6.45) is 0. The Balaban J connectivity index is 1.87. The largest absolute Gasteiger partial charge is 0.325 e. The molecule has 0 aliphatic carbocycles. The van der Waals surface area contributed by atoms with Gasteiger partial charge in [-0.2, -0.15) is 0 Å². The van der Waals surface area contributed by atoms with Gasteiger partial charge in [0.15, 0.2) is 0 Å². The molecule has 2 amide bonds. The molecule has 0 saturated heterocycles. The van der Waals surface area contributed by atoms with Crippen molar-refractivity contribution in [2.24, 2.45) is 0 Å². The van der Waals surface area contributed by atoms with Gasteiger partial charge in [0, 0.05) is 15.7 Å². The van der Waals surface area contributed by atoms with E-state index in [1.807, 2.05) is 0 Å². The van der Waals surface area contributed by atoms with Crippen LogP contribution in [0.1, 0.15) is 28.8 Å². The van der Waals surface area contributed by atoms with Crippen molar-refractivity contribution < 1.29 is 18.4 Å². The Morgan fingerprint density at radius 2 is 1.53 bits per heavy atom. The summed E-state index contributed by atoms with van der Waals surface area (Å²) in [6, 6.07) is 11.2. The van der Waals surface area contributed by atoms with E-state index in [4.69, 9.17) is 58.0 Å². The molecule has 3 rings (SSSR count). The van der Waals surface area contributed by atoms with Crippen molar-refractivity contribution in [3.8, 4) is 0 Å². The van der Waals surface area contributed by atoms with E-state index in [1.165, 1.54) is 43.3 Å². The van der Waals surface area contributed by atoms with Crippen LogP contribution in [-0.4, -0.2) is 16.1 Å². The summed E-state index contributed by atoms with van der Waals surface area (Å²) < 4.78 is 25.8. The molecule has 178 valence electrons. The number of hydrogen-bond acceptors (Lipinski definition) is 2. The predicted molar refractivity (Wildman–Crippen MR) is 134 cm³/mol. The van der Waals surface area contributed by atoms with Gasteiger partial charge >= 0.3 is 0 Å². The number of amides is 2. The maximum absolute atomic E-state index is 13.9. The standard InChI is InChI=1S/C23H15Cl5F2N2O2/c1-23(27,28)20(11-6-12(24)8-13(25)7-11)22(34)31-15-3-4-17(26)19(10-15)32-21(33)16-9-14(29)2-5-18(16)30/h2-10,20H,1H3,(H,31,34)(H,32,33). The second-order valence-electron chi connectivity index (χ2n) is 7.35. The highest BCUT2D eigenvalue weighted by atomic mass is 35.5. The van der Waals surface area contributed by atoms with Gasteiger partial charge in [0.25, 0.3) is 5.91 Å². The number of carbonyl (C=O) groups is 2. The molecule has 1 atom stereocenters. The van der Waals surface area contributed by atoms with Crippen LogP contribution in [0.5, 0.6) is 0 Å². The van der Waals surface area contributed by atoms with Crippen LogP contribution in [0.4, 0.5) is 20.2 Å². The normalized spacial score (nSPS) is 12.2.